The topological polar surface area (TPSA) is 78.9 Å². The highest BCUT2D eigenvalue weighted by Crippen LogP contribution is 2.14. The highest BCUT2D eigenvalue weighted by molar-refractivity contribution is 5.71. The number of allylic oxidation sites excluding steroid dienone is 14. The second kappa shape index (κ2) is 51.2. The van der Waals surface area contributed by atoms with Gasteiger partial charge in [-0.15, -0.1) is 0 Å². The van der Waals surface area contributed by atoms with E-state index in [4.69, 9.17) is 14.2 Å². The number of carbonyl (C=O) groups excluding carboxylic acids is 3. The van der Waals surface area contributed by atoms with Gasteiger partial charge in [0.15, 0.2) is 6.10 Å². The Bertz CT molecular complexity index is 1240. The number of hydrogen-bond acceptors (Lipinski definition) is 6. The minimum absolute atomic E-state index is 0.0845. The summed E-state index contributed by atoms with van der Waals surface area (Å²) in [7, 11) is 0. The van der Waals surface area contributed by atoms with Gasteiger partial charge in [0.25, 0.3) is 0 Å². The Morgan fingerprint density at radius 2 is 0.619 bits per heavy atom. The zero-order valence-electron chi connectivity index (χ0n) is 41.1. The van der Waals surface area contributed by atoms with E-state index < -0.39 is 6.10 Å². The van der Waals surface area contributed by atoms with Gasteiger partial charge in [-0.3, -0.25) is 14.4 Å². The highest BCUT2D eigenvalue weighted by Gasteiger charge is 2.19. The smallest absolute Gasteiger partial charge is 0.306 e. The van der Waals surface area contributed by atoms with Crippen LogP contribution in [0.15, 0.2) is 85.1 Å². The predicted octanol–water partition coefficient (Wildman–Crippen LogP) is 17.2. The fourth-order valence-corrected chi connectivity index (χ4v) is 7.04. The summed E-state index contributed by atoms with van der Waals surface area (Å²) in [5, 5.41) is 0. The Kier molecular flexibility index (Phi) is 48.5. The maximum Gasteiger partial charge on any atom is 0.306 e. The Morgan fingerprint density at radius 1 is 0.333 bits per heavy atom. The van der Waals surface area contributed by atoms with E-state index in [0.29, 0.717) is 19.3 Å². The Balaban J connectivity index is 4.23. The van der Waals surface area contributed by atoms with Crippen molar-refractivity contribution in [3.63, 3.8) is 0 Å². The first kappa shape index (κ1) is 59.6. The second-order valence-corrected chi connectivity index (χ2v) is 17.0. The van der Waals surface area contributed by atoms with Gasteiger partial charge in [0, 0.05) is 19.3 Å². The molecule has 0 aromatic heterocycles. The summed E-state index contributed by atoms with van der Waals surface area (Å²) in [5.74, 6) is -0.913. The van der Waals surface area contributed by atoms with Crippen molar-refractivity contribution in [2.45, 2.75) is 245 Å². The summed E-state index contributed by atoms with van der Waals surface area (Å²) in [6, 6.07) is 0. The molecule has 0 aliphatic heterocycles. The molecule has 0 saturated heterocycles. The van der Waals surface area contributed by atoms with Crippen LogP contribution in [-0.4, -0.2) is 37.2 Å². The molecule has 1 atom stereocenters. The summed E-state index contributed by atoms with van der Waals surface area (Å²) in [4.78, 5) is 37.8. The van der Waals surface area contributed by atoms with Crippen LogP contribution in [0.1, 0.15) is 239 Å². The lowest BCUT2D eigenvalue weighted by atomic mass is 10.1. The summed E-state index contributed by atoms with van der Waals surface area (Å²) >= 11 is 0. The number of esters is 3. The van der Waals surface area contributed by atoms with Crippen molar-refractivity contribution >= 4 is 17.9 Å². The molecule has 360 valence electrons. The normalized spacial score (nSPS) is 12.7. The van der Waals surface area contributed by atoms with E-state index >= 15 is 0 Å². The Hall–Kier alpha value is -3.41. The zero-order valence-corrected chi connectivity index (χ0v) is 41.1. The molecular formula is C57H96O6. The maximum absolute atomic E-state index is 12.8. The summed E-state index contributed by atoms with van der Waals surface area (Å²) in [5.41, 5.74) is 0. The Morgan fingerprint density at radius 3 is 0.968 bits per heavy atom. The molecule has 0 fully saturated rings. The number of hydrogen-bond donors (Lipinski definition) is 0. The van der Waals surface area contributed by atoms with Crippen LogP contribution in [0.25, 0.3) is 0 Å². The third-order valence-electron chi connectivity index (χ3n) is 10.9. The average molecular weight is 877 g/mol. The number of carbonyl (C=O) groups is 3. The van der Waals surface area contributed by atoms with E-state index in [1.807, 2.05) is 0 Å². The molecular weight excluding hydrogens is 781 g/mol. The van der Waals surface area contributed by atoms with Crippen LogP contribution < -0.4 is 0 Å². The van der Waals surface area contributed by atoms with Crippen LogP contribution in [0.3, 0.4) is 0 Å². The van der Waals surface area contributed by atoms with Crippen molar-refractivity contribution in [3.8, 4) is 0 Å². The summed E-state index contributed by atoms with van der Waals surface area (Å²) in [6.45, 7) is 6.35. The minimum Gasteiger partial charge on any atom is -0.462 e. The standard InChI is InChI=1S/C57H96O6/c1-4-7-10-13-16-18-20-22-24-25-26-27-28-29-30-31-33-34-36-38-41-44-47-50-56(59)62-53-54(52-61-55(58)49-46-43-40-15-12-9-6-3)63-57(60)51-48-45-42-39-37-35-32-23-21-19-17-14-11-8-5-2/h7-8,10-11,16-19,22-24,26-27,32,54H,4-6,9,12-15,20-21,25,28-31,33-53H2,1-3H3/b10-7-,11-8-,18-16-,19-17-,24-22-,27-26-,32-23-. The molecule has 1 unspecified atom stereocenters. The van der Waals surface area contributed by atoms with E-state index in [2.05, 4.69) is 106 Å². The predicted molar refractivity (Wildman–Crippen MR) is 270 cm³/mol. The summed E-state index contributed by atoms with van der Waals surface area (Å²) in [6.07, 6.45) is 65.9. The molecule has 0 spiro atoms. The average Bonchev–Trinajstić information content (AvgIpc) is 3.28. The highest BCUT2D eigenvalue weighted by atomic mass is 16.6. The quantitative estimate of drug-likeness (QED) is 0.0262. The first-order chi connectivity index (χ1) is 31.0. The SMILES string of the molecule is CC/C=C\C/C=C\C/C=C\C/C=C\CCCCCCCCCCCCC(=O)OCC(COC(=O)CCCCCCCCC)OC(=O)CCCCCCC/C=C\C/C=C\C/C=C\CC. The van der Waals surface area contributed by atoms with Crippen molar-refractivity contribution in [2.24, 2.45) is 0 Å². The van der Waals surface area contributed by atoms with Gasteiger partial charge in [-0.1, -0.05) is 215 Å². The van der Waals surface area contributed by atoms with Crippen LogP contribution in [0, 0.1) is 0 Å². The van der Waals surface area contributed by atoms with Crippen molar-refractivity contribution in [1.29, 1.82) is 0 Å². The molecule has 6 nitrogen and oxygen atoms in total. The zero-order chi connectivity index (χ0) is 45.8. The molecule has 63 heavy (non-hydrogen) atoms. The molecule has 0 rings (SSSR count). The van der Waals surface area contributed by atoms with Crippen LogP contribution >= 0.6 is 0 Å². The van der Waals surface area contributed by atoms with Gasteiger partial charge in [0.1, 0.15) is 13.2 Å². The van der Waals surface area contributed by atoms with Crippen molar-refractivity contribution in [3.05, 3.63) is 85.1 Å². The van der Waals surface area contributed by atoms with Crippen LogP contribution in [0.5, 0.6) is 0 Å². The third kappa shape index (κ3) is 49.5. The third-order valence-corrected chi connectivity index (χ3v) is 10.9. The van der Waals surface area contributed by atoms with E-state index in [0.717, 1.165) is 122 Å². The fraction of sp³-hybridized carbons (Fsp3) is 0.702. The molecule has 0 aliphatic rings. The van der Waals surface area contributed by atoms with E-state index in [1.54, 1.807) is 0 Å². The second-order valence-electron chi connectivity index (χ2n) is 17.0. The van der Waals surface area contributed by atoms with Crippen molar-refractivity contribution < 1.29 is 28.6 Å². The molecule has 6 heteroatoms. The number of ether oxygens (including phenoxy) is 3. The monoisotopic (exact) mass is 877 g/mol. The lowest BCUT2D eigenvalue weighted by Gasteiger charge is -2.18. The van der Waals surface area contributed by atoms with Gasteiger partial charge in [0.2, 0.25) is 0 Å². The lowest BCUT2D eigenvalue weighted by molar-refractivity contribution is -0.167. The Labute approximate surface area is 388 Å². The molecule has 0 N–H and O–H groups in total. The number of rotatable bonds is 46. The van der Waals surface area contributed by atoms with Gasteiger partial charge < -0.3 is 14.2 Å². The maximum atomic E-state index is 12.8. The van der Waals surface area contributed by atoms with Gasteiger partial charge in [-0.2, -0.15) is 0 Å². The molecule has 0 radical (unpaired) electrons. The molecule has 0 heterocycles. The molecule has 0 saturated carbocycles. The molecule has 0 aliphatic carbocycles. The van der Waals surface area contributed by atoms with Gasteiger partial charge in [-0.05, 0) is 89.9 Å². The fourth-order valence-electron chi connectivity index (χ4n) is 7.04. The molecule has 0 aromatic carbocycles. The minimum atomic E-state index is -0.784. The number of unbranched alkanes of at least 4 members (excludes halogenated alkanes) is 21. The van der Waals surface area contributed by atoms with Crippen molar-refractivity contribution in [1.82, 2.24) is 0 Å². The van der Waals surface area contributed by atoms with Gasteiger partial charge in [-0.25, -0.2) is 0 Å². The van der Waals surface area contributed by atoms with Crippen LogP contribution in [0.2, 0.25) is 0 Å². The van der Waals surface area contributed by atoms with Gasteiger partial charge >= 0.3 is 17.9 Å². The van der Waals surface area contributed by atoms with E-state index in [-0.39, 0.29) is 31.1 Å². The largest absolute Gasteiger partial charge is 0.462 e. The first-order valence-corrected chi connectivity index (χ1v) is 26.1. The molecule has 0 bridgehead atoms. The first-order valence-electron chi connectivity index (χ1n) is 26.1. The molecule has 0 amide bonds. The lowest BCUT2D eigenvalue weighted by Crippen LogP contribution is -2.30. The van der Waals surface area contributed by atoms with Gasteiger partial charge in [0.05, 0.1) is 0 Å². The van der Waals surface area contributed by atoms with Crippen LogP contribution in [0.4, 0.5) is 0 Å². The van der Waals surface area contributed by atoms with E-state index in [1.165, 1.54) is 77.0 Å². The van der Waals surface area contributed by atoms with E-state index in [9.17, 15) is 14.4 Å². The summed E-state index contributed by atoms with van der Waals surface area (Å²) < 4.78 is 16.7. The van der Waals surface area contributed by atoms with Crippen molar-refractivity contribution in [2.75, 3.05) is 13.2 Å². The molecule has 0 aromatic rings. The van der Waals surface area contributed by atoms with Crippen LogP contribution in [-0.2, 0) is 28.6 Å².